The van der Waals surface area contributed by atoms with Gasteiger partial charge in [0.15, 0.2) is 0 Å². The van der Waals surface area contributed by atoms with Crippen molar-refractivity contribution in [2.75, 3.05) is 31.9 Å². The van der Waals surface area contributed by atoms with Gasteiger partial charge in [0, 0.05) is 0 Å². The summed E-state index contributed by atoms with van der Waals surface area (Å²) in [5.41, 5.74) is 0. The van der Waals surface area contributed by atoms with Gasteiger partial charge in [-0.25, -0.2) is 0 Å². The van der Waals surface area contributed by atoms with E-state index in [9.17, 15) is 13.0 Å². The van der Waals surface area contributed by atoms with Crippen LogP contribution in [0.25, 0.3) is 0 Å². The predicted molar refractivity (Wildman–Crippen MR) is 275 cm³/mol. The van der Waals surface area contributed by atoms with Crippen LogP contribution in [0.3, 0.4) is 0 Å². The molecule has 61 heavy (non-hydrogen) atoms. The summed E-state index contributed by atoms with van der Waals surface area (Å²) < 4.78 is 35.0. The highest BCUT2D eigenvalue weighted by atomic mass is 32.2. The summed E-state index contributed by atoms with van der Waals surface area (Å²) in [5.74, 6) is -0.0798. The average Bonchev–Trinajstić information content (AvgIpc) is 3.24. The maximum absolute atomic E-state index is 12.1. The lowest BCUT2D eigenvalue weighted by Gasteiger charge is -2.39. The van der Waals surface area contributed by atoms with Gasteiger partial charge >= 0.3 is 0 Å². The van der Waals surface area contributed by atoms with E-state index in [2.05, 4.69) is 20.8 Å². The highest BCUT2D eigenvalue weighted by Gasteiger charge is 2.28. The van der Waals surface area contributed by atoms with Crippen molar-refractivity contribution in [1.29, 1.82) is 0 Å². The van der Waals surface area contributed by atoms with Crippen molar-refractivity contribution in [2.24, 2.45) is 0 Å². The molecule has 0 fully saturated rings. The molecule has 368 valence electrons. The standard InChI is InChI=1S/C56H115NO3S/c1-4-7-10-13-16-19-22-25-28-31-34-37-40-43-46-49-52-57(55-56-61(58,59)60,53-50-47-44-41-38-35-32-29-26-23-20-17-14-11-8-5-2)54-51-48-45-42-39-36-33-30-27-24-21-18-15-12-9-6-3/h4-56H2,1-3H3/p+1. The van der Waals surface area contributed by atoms with Gasteiger partial charge in [0.2, 0.25) is 0 Å². The Balaban J connectivity index is 4.61. The molecule has 0 rings (SSSR count). The zero-order chi connectivity index (χ0) is 44.5. The lowest BCUT2D eigenvalue weighted by atomic mass is 10.0. The normalized spacial score (nSPS) is 12.3. The van der Waals surface area contributed by atoms with E-state index in [1.807, 2.05) is 0 Å². The van der Waals surface area contributed by atoms with E-state index in [0.29, 0.717) is 6.54 Å². The Bertz CT molecular complexity index is 834. The van der Waals surface area contributed by atoms with Crippen molar-refractivity contribution in [1.82, 2.24) is 0 Å². The molecule has 0 aliphatic rings. The van der Waals surface area contributed by atoms with Gasteiger partial charge in [-0.15, -0.1) is 0 Å². The van der Waals surface area contributed by atoms with Gasteiger partial charge in [0.05, 0.1) is 26.2 Å². The summed E-state index contributed by atoms with van der Waals surface area (Å²) >= 11 is 0. The Kier molecular flexibility index (Phi) is 49.2. The largest absolute Gasteiger partial charge is 0.323 e. The minimum Gasteiger partial charge on any atom is -0.323 e. The molecule has 0 atom stereocenters. The first-order valence-electron chi connectivity index (χ1n) is 28.7. The maximum atomic E-state index is 12.1. The predicted octanol–water partition coefficient (Wildman–Crippen LogP) is 19.5. The Labute approximate surface area is 386 Å². The molecular weight excluding hydrogens is 767 g/mol. The first-order valence-corrected chi connectivity index (χ1v) is 30.3. The molecule has 0 amide bonds. The van der Waals surface area contributed by atoms with Crippen LogP contribution in [0.5, 0.6) is 0 Å². The minimum atomic E-state index is -3.96. The fourth-order valence-corrected chi connectivity index (χ4v) is 10.6. The van der Waals surface area contributed by atoms with E-state index >= 15 is 0 Å². The minimum absolute atomic E-state index is 0.0798. The monoisotopic (exact) mass is 883 g/mol. The fraction of sp³-hybridized carbons (Fsp3) is 1.00. The Hall–Kier alpha value is -0.130. The van der Waals surface area contributed by atoms with Gasteiger partial charge in [0.25, 0.3) is 10.1 Å². The number of hydrogen-bond donors (Lipinski definition) is 1. The smallest absolute Gasteiger partial charge is 0.270 e. The van der Waals surface area contributed by atoms with E-state index in [-0.39, 0.29) is 5.75 Å². The third kappa shape index (κ3) is 49.1. The van der Waals surface area contributed by atoms with Gasteiger partial charge in [-0.3, -0.25) is 4.55 Å². The van der Waals surface area contributed by atoms with Crippen LogP contribution in [0.4, 0.5) is 0 Å². The lowest BCUT2D eigenvalue weighted by Crippen LogP contribution is -2.52. The highest BCUT2D eigenvalue weighted by Crippen LogP contribution is 2.21. The molecule has 0 saturated heterocycles. The van der Waals surface area contributed by atoms with E-state index in [4.69, 9.17) is 0 Å². The second-order valence-electron chi connectivity index (χ2n) is 20.4. The third-order valence-electron chi connectivity index (χ3n) is 14.3. The Morgan fingerprint density at radius 2 is 0.393 bits per heavy atom. The number of rotatable bonds is 54. The van der Waals surface area contributed by atoms with Gasteiger partial charge in [-0.1, -0.05) is 290 Å². The molecule has 0 heterocycles. The van der Waals surface area contributed by atoms with Crippen LogP contribution in [0.1, 0.15) is 329 Å². The third-order valence-corrected chi connectivity index (χ3v) is 15.0. The average molecular weight is 884 g/mol. The molecule has 0 spiro atoms. The lowest BCUT2D eigenvalue weighted by molar-refractivity contribution is -0.926. The van der Waals surface area contributed by atoms with Crippen LogP contribution in [-0.4, -0.2) is 49.4 Å². The van der Waals surface area contributed by atoms with Crippen molar-refractivity contribution in [3.63, 3.8) is 0 Å². The van der Waals surface area contributed by atoms with Crippen molar-refractivity contribution in [3.05, 3.63) is 0 Å². The second-order valence-corrected chi connectivity index (χ2v) is 22.0. The molecule has 0 unspecified atom stereocenters. The van der Waals surface area contributed by atoms with Crippen molar-refractivity contribution in [3.8, 4) is 0 Å². The molecule has 0 aliphatic carbocycles. The van der Waals surface area contributed by atoms with Crippen molar-refractivity contribution in [2.45, 2.75) is 329 Å². The molecular formula is C56H116NO3S+. The number of nitrogens with zero attached hydrogens (tertiary/aromatic N) is 1. The van der Waals surface area contributed by atoms with Crippen LogP contribution in [0.2, 0.25) is 0 Å². The van der Waals surface area contributed by atoms with Crippen LogP contribution in [0, 0.1) is 0 Å². The van der Waals surface area contributed by atoms with Crippen LogP contribution < -0.4 is 0 Å². The molecule has 1 N–H and O–H groups in total. The van der Waals surface area contributed by atoms with Crippen LogP contribution in [-0.2, 0) is 10.1 Å². The van der Waals surface area contributed by atoms with Gasteiger partial charge < -0.3 is 4.48 Å². The van der Waals surface area contributed by atoms with E-state index in [1.165, 1.54) is 308 Å². The zero-order valence-electron chi connectivity index (χ0n) is 42.6. The summed E-state index contributed by atoms with van der Waals surface area (Å²) in [7, 11) is -3.96. The van der Waals surface area contributed by atoms with E-state index in [1.54, 1.807) is 0 Å². The van der Waals surface area contributed by atoms with Crippen molar-refractivity contribution >= 4 is 10.1 Å². The molecule has 0 aromatic carbocycles. The molecule has 0 saturated carbocycles. The highest BCUT2D eigenvalue weighted by molar-refractivity contribution is 7.85. The maximum Gasteiger partial charge on any atom is 0.270 e. The molecule has 0 bridgehead atoms. The fourth-order valence-electron chi connectivity index (χ4n) is 9.97. The number of hydrogen-bond acceptors (Lipinski definition) is 2. The summed E-state index contributed by atoms with van der Waals surface area (Å²) in [5, 5.41) is 0. The van der Waals surface area contributed by atoms with E-state index in [0.717, 1.165) is 24.1 Å². The number of unbranched alkanes of at least 4 members (excludes halogenated alkanes) is 45. The molecule has 0 aliphatic heterocycles. The van der Waals surface area contributed by atoms with Crippen molar-refractivity contribution < 1.29 is 17.5 Å². The van der Waals surface area contributed by atoms with Gasteiger partial charge in [-0.05, 0) is 38.5 Å². The first-order chi connectivity index (χ1) is 29.9. The Morgan fingerprint density at radius 3 is 0.541 bits per heavy atom. The van der Waals surface area contributed by atoms with Crippen LogP contribution in [0.15, 0.2) is 0 Å². The Morgan fingerprint density at radius 1 is 0.246 bits per heavy atom. The van der Waals surface area contributed by atoms with Gasteiger partial charge in [-0.2, -0.15) is 8.42 Å². The summed E-state index contributed by atoms with van der Waals surface area (Å²) in [6.45, 7) is 10.8. The summed E-state index contributed by atoms with van der Waals surface area (Å²) in [6, 6.07) is 0. The zero-order valence-corrected chi connectivity index (χ0v) is 43.4. The topological polar surface area (TPSA) is 54.4 Å². The molecule has 0 aromatic rings. The second kappa shape index (κ2) is 49.3. The quantitative estimate of drug-likeness (QED) is 0.0376. The molecule has 5 heteroatoms. The van der Waals surface area contributed by atoms with E-state index < -0.39 is 10.1 Å². The SMILES string of the molecule is CCCCCCCCCCCCCCCCCC[N+](CCCCCCCCCCCCCCCCCC)(CCCCCCCCCCCCCCCCCC)CCS(=O)(=O)O. The molecule has 0 radical (unpaired) electrons. The van der Waals surface area contributed by atoms with Gasteiger partial charge in [0.1, 0.15) is 5.75 Å². The molecule has 0 aromatic heterocycles. The number of quaternary nitrogens is 1. The summed E-state index contributed by atoms with van der Waals surface area (Å²) in [4.78, 5) is 0. The first kappa shape index (κ1) is 60.9. The van der Waals surface area contributed by atoms with Crippen LogP contribution >= 0.6 is 0 Å². The summed E-state index contributed by atoms with van der Waals surface area (Å²) in [6.07, 6.45) is 66.2. The molecule has 4 nitrogen and oxygen atoms in total.